The van der Waals surface area contributed by atoms with E-state index < -0.39 is 0 Å². The molecule has 0 fully saturated rings. The molecule has 0 atom stereocenters. The summed E-state index contributed by atoms with van der Waals surface area (Å²) in [7, 11) is 0. The Balaban J connectivity index is 2.91. The van der Waals surface area contributed by atoms with Crippen LogP contribution in [-0.2, 0) is 4.79 Å². The lowest BCUT2D eigenvalue weighted by Gasteiger charge is -2.16. The second-order valence-electron chi connectivity index (χ2n) is 4.14. The zero-order chi connectivity index (χ0) is 10.0. The highest BCUT2D eigenvalue weighted by atomic mass is 16.1. The molecule has 2 heteroatoms. The van der Waals surface area contributed by atoms with Crippen molar-refractivity contribution in [3.8, 4) is 0 Å². The summed E-state index contributed by atoms with van der Waals surface area (Å²) in [5.74, 6) is 0.807. The van der Waals surface area contributed by atoms with Crippen LogP contribution in [0.5, 0.6) is 0 Å². The molecule has 1 amide bonds. The maximum Gasteiger partial charge on any atom is 0.250 e. The van der Waals surface area contributed by atoms with Gasteiger partial charge in [0.1, 0.15) is 0 Å². The fourth-order valence-corrected chi connectivity index (χ4v) is 1.30. The van der Waals surface area contributed by atoms with E-state index in [2.05, 4.69) is 38.8 Å². The minimum Gasteiger partial charge on any atom is -0.272 e. The first kappa shape index (κ1) is 10.2. The highest BCUT2D eigenvalue weighted by molar-refractivity contribution is 6.07. The van der Waals surface area contributed by atoms with E-state index in [1.165, 1.54) is 5.57 Å². The smallest absolute Gasteiger partial charge is 0.250 e. The molecule has 0 aromatic carbocycles. The van der Waals surface area contributed by atoms with Gasteiger partial charge in [-0.05, 0) is 17.9 Å². The molecule has 13 heavy (non-hydrogen) atoms. The molecule has 1 aliphatic rings. The molecule has 2 nitrogen and oxygen atoms in total. The average molecular weight is 179 g/mol. The monoisotopic (exact) mass is 179 g/mol. The summed E-state index contributed by atoms with van der Waals surface area (Å²) in [6, 6.07) is 0. The third-order valence-corrected chi connectivity index (χ3v) is 2.28. The molecule has 72 valence electrons. The summed E-state index contributed by atoms with van der Waals surface area (Å²) in [5, 5.41) is 0. The second-order valence-corrected chi connectivity index (χ2v) is 4.14. The summed E-state index contributed by atoms with van der Waals surface area (Å²) in [6.45, 7) is 8.35. The van der Waals surface area contributed by atoms with Crippen molar-refractivity contribution in [3.05, 3.63) is 11.6 Å². The van der Waals surface area contributed by atoms with E-state index >= 15 is 0 Å². The Bertz CT molecular complexity index is 272. The second kappa shape index (κ2) is 3.86. The maximum absolute atomic E-state index is 11.3. The third kappa shape index (κ3) is 2.51. The van der Waals surface area contributed by atoms with Gasteiger partial charge in [0.2, 0.25) is 5.91 Å². The van der Waals surface area contributed by atoms with Crippen LogP contribution < -0.4 is 0 Å². The Morgan fingerprint density at radius 1 is 1.23 bits per heavy atom. The van der Waals surface area contributed by atoms with Crippen molar-refractivity contribution in [2.24, 2.45) is 16.8 Å². The molecule has 0 spiro atoms. The van der Waals surface area contributed by atoms with Crippen LogP contribution >= 0.6 is 0 Å². The van der Waals surface area contributed by atoms with Gasteiger partial charge in [0.25, 0.3) is 0 Å². The Hall–Kier alpha value is -0.920. The number of allylic oxidation sites excluding steroid dienone is 1. The van der Waals surface area contributed by atoms with Gasteiger partial charge >= 0.3 is 0 Å². The lowest BCUT2D eigenvalue weighted by atomic mass is 9.93. The fourth-order valence-electron chi connectivity index (χ4n) is 1.30. The number of dihydropyridines is 1. The number of carbonyl (C=O) groups is 1. The zero-order valence-electron chi connectivity index (χ0n) is 8.79. The molecular weight excluding hydrogens is 162 g/mol. The highest BCUT2D eigenvalue weighted by Crippen LogP contribution is 2.20. The molecule has 1 aliphatic heterocycles. The van der Waals surface area contributed by atoms with Crippen LogP contribution in [0.1, 0.15) is 34.1 Å². The SMILES string of the molecule is CC(C)C1=CC(C(C)C)=NC(=O)C1. The molecule has 1 heterocycles. The first-order valence-electron chi connectivity index (χ1n) is 4.82. The van der Waals surface area contributed by atoms with Crippen molar-refractivity contribution >= 4 is 11.6 Å². The number of carbonyl (C=O) groups excluding carboxylic acids is 1. The number of aliphatic imine (C=N–C) groups is 1. The molecule has 0 aromatic heterocycles. The molecule has 0 saturated heterocycles. The number of hydrogen-bond donors (Lipinski definition) is 0. The van der Waals surface area contributed by atoms with E-state index in [4.69, 9.17) is 0 Å². The summed E-state index contributed by atoms with van der Waals surface area (Å²) >= 11 is 0. The zero-order valence-corrected chi connectivity index (χ0v) is 8.79. The van der Waals surface area contributed by atoms with Crippen LogP contribution in [0.4, 0.5) is 0 Å². The van der Waals surface area contributed by atoms with Crippen molar-refractivity contribution in [2.75, 3.05) is 0 Å². The Morgan fingerprint density at radius 2 is 1.85 bits per heavy atom. The third-order valence-electron chi connectivity index (χ3n) is 2.28. The molecule has 0 bridgehead atoms. The molecular formula is C11H17NO. The lowest BCUT2D eigenvalue weighted by Crippen LogP contribution is -2.16. The summed E-state index contributed by atoms with van der Waals surface area (Å²) < 4.78 is 0. The minimum absolute atomic E-state index is 0.00917. The van der Waals surface area contributed by atoms with Gasteiger partial charge in [0.15, 0.2) is 0 Å². The van der Waals surface area contributed by atoms with Gasteiger partial charge in [0, 0.05) is 5.71 Å². The van der Waals surface area contributed by atoms with E-state index in [1.807, 2.05) is 0 Å². The molecule has 0 aliphatic carbocycles. The Morgan fingerprint density at radius 3 is 2.31 bits per heavy atom. The van der Waals surface area contributed by atoms with Gasteiger partial charge in [-0.2, -0.15) is 0 Å². The average Bonchev–Trinajstić information content (AvgIpc) is 2.03. The number of hydrogen-bond acceptors (Lipinski definition) is 1. The molecule has 0 saturated carbocycles. The van der Waals surface area contributed by atoms with Gasteiger partial charge in [-0.15, -0.1) is 0 Å². The first-order valence-corrected chi connectivity index (χ1v) is 4.82. The van der Waals surface area contributed by atoms with Crippen molar-refractivity contribution in [1.82, 2.24) is 0 Å². The van der Waals surface area contributed by atoms with Crippen LogP contribution in [0.25, 0.3) is 0 Å². The van der Waals surface area contributed by atoms with Gasteiger partial charge < -0.3 is 0 Å². The quantitative estimate of drug-likeness (QED) is 0.640. The molecule has 0 aromatic rings. The molecule has 0 unspecified atom stereocenters. The number of amides is 1. The molecule has 0 N–H and O–H groups in total. The van der Waals surface area contributed by atoms with Crippen LogP contribution in [-0.4, -0.2) is 11.6 Å². The van der Waals surface area contributed by atoms with E-state index in [1.54, 1.807) is 0 Å². The molecule has 0 radical (unpaired) electrons. The van der Waals surface area contributed by atoms with E-state index in [-0.39, 0.29) is 5.91 Å². The molecule has 1 rings (SSSR count). The predicted octanol–water partition coefficient (Wildman–Crippen LogP) is 2.60. The van der Waals surface area contributed by atoms with Gasteiger partial charge in [-0.1, -0.05) is 33.3 Å². The Kier molecular flexibility index (Phi) is 3.02. The van der Waals surface area contributed by atoms with Crippen molar-refractivity contribution in [2.45, 2.75) is 34.1 Å². The minimum atomic E-state index is 0.00917. The van der Waals surface area contributed by atoms with Gasteiger partial charge in [0.05, 0.1) is 6.42 Å². The maximum atomic E-state index is 11.3. The number of nitrogens with zero attached hydrogens (tertiary/aromatic N) is 1. The van der Waals surface area contributed by atoms with Crippen LogP contribution in [0, 0.1) is 11.8 Å². The summed E-state index contributed by atoms with van der Waals surface area (Å²) in [5.41, 5.74) is 2.14. The highest BCUT2D eigenvalue weighted by Gasteiger charge is 2.17. The fraction of sp³-hybridized carbons (Fsp3) is 0.636. The van der Waals surface area contributed by atoms with Crippen LogP contribution in [0.3, 0.4) is 0 Å². The summed E-state index contributed by atoms with van der Waals surface area (Å²) in [4.78, 5) is 15.3. The van der Waals surface area contributed by atoms with E-state index in [0.29, 0.717) is 18.3 Å². The predicted molar refractivity (Wildman–Crippen MR) is 54.8 cm³/mol. The summed E-state index contributed by atoms with van der Waals surface area (Å²) in [6.07, 6.45) is 2.59. The topological polar surface area (TPSA) is 29.4 Å². The largest absolute Gasteiger partial charge is 0.272 e. The van der Waals surface area contributed by atoms with E-state index in [0.717, 1.165) is 5.71 Å². The van der Waals surface area contributed by atoms with Gasteiger partial charge in [-0.25, -0.2) is 4.99 Å². The van der Waals surface area contributed by atoms with Crippen molar-refractivity contribution in [1.29, 1.82) is 0 Å². The van der Waals surface area contributed by atoms with Crippen molar-refractivity contribution < 1.29 is 4.79 Å². The number of rotatable bonds is 2. The van der Waals surface area contributed by atoms with Gasteiger partial charge in [-0.3, -0.25) is 4.79 Å². The van der Waals surface area contributed by atoms with Crippen molar-refractivity contribution in [3.63, 3.8) is 0 Å². The Labute approximate surface area is 79.8 Å². The van der Waals surface area contributed by atoms with E-state index in [9.17, 15) is 4.79 Å². The van der Waals surface area contributed by atoms with Crippen LogP contribution in [0.2, 0.25) is 0 Å². The lowest BCUT2D eigenvalue weighted by molar-refractivity contribution is -0.117. The van der Waals surface area contributed by atoms with Crippen LogP contribution in [0.15, 0.2) is 16.6 Å². The standard InChI is InChI=1S/C11H17NO/c1-7(2)9-5-10(8(3)4)12-11(13)6-9/h5,7-8H,6H2,1-4H3. The normalized spacial score (nSPS) is 17.8. The first-order chi connectivity index (χ1) is 6.00.